The van der Waals surface area contributed by atoms with Crippen LogP contribution in [0.3, 0.4) is 0 Å². The summed E-state index contributed by atoms with van der Waals surface area (Å²) in [6.07, 6.45) is 0. The van der Waals surface area contributed by atoms with Gasteiger partial charge >= 0.3 is 0 Å². The molecule has 0 radical (unpaired) electrons. The molecule has 0 aliphatic carbocycles. The van der Waals surface area contributed by atoms with Crippen LogP contribution in [-0.4, -0.2) is 24.9 Å². The zero-order valence-corrected chi connectivity index (χ0v) is 10.5. The number of nitrogens with zero attached hydrogens (tertiary/aromatic N) is 1. The molecule has 0 aliphatic rings. The molecule has 0 amide bonds. The van der Waals surface area contributed by atoms with Crippen molar-refractivity contribution in [2.24, 2.45) is 5.14 Å². The summed E-state index contributed by atoms with van der Waals surface area (Å²) in [5, 5.41) is 6.68. The smallest absolute Gasteiger partial charge is 0.209 e. The van der Waals surface area contributed by atoms with E-state index in [1.54, 1.807) is 0 Å². The van der Waals surface area contributed by atoms with Crippen LogP contribution in [0.25, 0.3) is 0 Å². The fourth-order valence-corrected chi connectivity index (χ4v) is 3.91. The first kappa shape index (κ1) is 11.4. The molecule has 0 atom stereocenters. The fourth-order valence-electron chi connectivity index (χ4n) is 0.550. The molecule has 0 aromatic carbocycles. The van der Waals surface area contributed by atoms with Gasteiger partial charge in [-0.1, -0.05) is 11.8 Å². The minimum atomic E-state index is -3.34. The Balaban J connectivity index is 2.36. The standard InChI is InChI=1S/C5H7BrN2O2S3/c6-4-3-12-5(8-4)11-1-2-13(7,9)10/h3H,1-2H2,(H2,7,9,10). The first-order valence-electron chi connectivity index (χ1n) is 3.22. The molecule has 0 fully saturated rings. The number of hydrogen-bond donors (Lipinski definition) is 1. The lowest BCUT2D eigenvalue weighted by Crippen LogP contribution is -2.17. The molecule has 4 nitrogen and oxygen atoms in total. The molecule has 0 spiro atoms. The molecule has 0 unspecified atom stereocenters. The molecule has 0 saturated heterocycles. The number of thiazole rings is 1. The van der Waals surface area contributed by atoms with E-state index in [1.165, 1.54) is 23.1 Å². The highest BCUT2D eigenvalue weighted by atomic mass is 79.9. The van der Waals surface area contributed by atoms with Crippen LogP contribution in [0.2, 0.25) is 0 Å². The summed E-state index contributed by atoms with van der Waals surface area (Å²) in [5.41, 5.74) is 0. The summed E-state index contributed by atoms with van der Waals surface area (Å²) in [6.45, 7) is 0. The molecule has 0 bridgehead atoms. The highest BCUT2D eigenvalue weighted by Gasteiger charge is 2.05. The molecule has 1 aromatic rings. The van der Waals surface area contributed by atoms with E-state index in [9.17, 15) is 8.42 Å². The van der Waals surface area contributed by atoms with Crippen molar-refractivity contribution in [3.05, 3.63) is 9.98 Å². The summed E-state index contributed by atoms with van der Waals surface area (Å²) < 4.78 is 22.7. The van der Waals surface area contributed by atoms with Crippen LogP contribution in [0.1, 0.15) is 0 Å². The van der Waals surface area contributed by atoms with Crippen LogP contribution in [0.4, 0.5) is 0 Å². The van der Waals surface area contributed by atoms with Crippen molar-refractivity contribution in [3.8, 4) is 0 Å². The van der Waals surface area contributed by atoms with Crippen molar-refractivity contribution in [3.63, 3.8) is 0 Å². The van der Waals surface area contributed by atoms with E-state index in [-0.39, 0.29) is 5.75 Å². The van der Waals surface area contributed by atoms with Crippen molar-refractivity contribution < 1.29 is 8.42 Å². The third-order valence-electron chi connectivity index (χ3n) is 1.05. The van der Waals surface area contributed by atoms with Crippen molar-refractivity contribution in [2.75, 3.05) is 11.5 Å². The average molecular weight is 303 g/mol. The first-order valence-corrected chi connectivity index (χ1v) is 7.59. The summed E-state index contributed by atoms with van der Waals surface area (Å²) in [4.78, 5) is 4.09. The summed E-state index contributed by atoms with van der Waals surface area (Å²) >= 11 is 6.06. The van der Waals surface area contributed by atoms with Crippen molar-refractivity contribution in [2.45, 2.75) is 4.34 Å². The topological polar surface area (TPSA) is 73.1 Å². The summed E-state index contributed by atoms with van der Waals surface area (Å²) in [6, 6.07) is 0. The van der Waals surface area contributed by atoms with Gasteiger partial charge in [-0.15, -0.1) is 11.3 Å². The predicted molar refractivity (Wildman–Crippen MR) is 58.5 cm³/mol. The minimum absolute atomic E-state index is 0.0190. The van der Waals surface area contributed by atoms with E-state index in [4.69, 9.17) is 5.14 Å². The maximum absolute atomic E-state index is 10.6. The van der Waals surface area contributed by atoms with Gasteiger partial charge in [0.1, 0.15) is 4.60 Å². The molecule has 1 aromatic heterocycles. The number of halogens is 1. The normalized spacial score (nSPS) is 11.8. The second kappa shape index (κ2) is 4.74. The molecular formula is C5H7BrN2O2S3. The van der Waals surface area contributed by atoms with Gasteiger partial charge in [-0.2, -0.15) is 0 Å². The molecular weight excluding hydrogens is 296 g/mol. The highest BCUT2D eigenvalue weighted by molar-refractivity contribution is 9.10. The third-order valence-corrected chi connectivity index (χ3v) is 4.81. The Labute approximate surface area is 93.1 Å². The fraction of sp³-hybridized carbons (Fsp3) is 0.400. The van der Waals surface area contributed by atoms with Crippen LogP contribution in [0.5, 0.6) is 0 Å². The Morgan fingerprint density at radius 3 is 2.85 bits per heavy atom. The maximum Gasteiger partial charge on any atom is 0.209 e. The number of primary sulfonamides is 1. The van der Waals surface area contributed by atoms with Gasteiger partial charge in [0.25, 0.3) is 0 Å². The number of aromatic nitrogens is 1. The van der Waals surface area contributed by atoms with Gasteiger partial charge in [-0.05, 0) is 15.9 Å². The van der Waals surface area contributed by atoms with Gasteiger partial charge in [-0.3, -0.25) is 0 Å². The zero-order chi connectivity index (χ0) is 9.90. The number of sulfonamides is 1. The molecule has 0 aliphatic heterocycles. The van der Waals surface area contributed by atoms with Crippen LogP contribution in [-0.2, 0) is 10.0 Å². The highest BCUT2D eigenvalue weighted by Crippen LogP contribution is 2.24. The molecule has 74 valence electrons. The van der Waals surface area contributed by atoms with Crippen molar-refractivity contribution >= 4 is 49.1 Å². The van der Waals surface area contributed by atoms with E-state index < -0.39 is 10.0 Å². The second-order valence-electron chi connectivity index (χ2n) is 2.15. The van der Waals surface area contributed by atoms with Crippen LogP contribution in [0, 0.1) is 0 Å². The largest absolute Gasteiger partial charge is 0.229 e. The number of rotatable bonds is 4. The number of thioether (sulfide) groups is 1. The van der Waals surface area contributed by atoms with Crippen molar-refractivity contribution in [1.82, 2.24) is 4.98 Å². The number of nitrogens with two attached hydrogens (primary N) is 1. The zero-order valence-electron chi connectivity index (χ0n) is 6.44. The molecule has 1 heterocycles. The Morgan fingerprint density at radius 2 is 2.38 bits per heavy atom. The lowest BCUT2D eigenvalue weighted by molar-refractivity contribution is 0.599. The van der Waals surface area contributed by atoms with Gasteiger partial charge < -0.3 is 0 Å². The molecule has 8 heteroatoms. The Hall–Kier alpha value is 0.370. The lowest BCUT2D eigenvalue weighted by Gasteiger charge is -1.94. The Morgan fingerprint density at radius 1 is 1.69 bits per heavy atom. The third kappa shape index (κ3) is 4.96. The van der Waals surface area contributed by atoms with E-state index in [0.29, 0.717) is 5.75 Å². The van der Waals surface area contributed by atoms with Gasteiger partial charge in [0.2, 0.25) is 10.0 Å². The summed E-state index contributed by atoms with van der Waals surface area (Å²) in [7, 11) is -3.34. The van der Waals surface area contributed by atoms with Crippen molar-refractivity contribution in [1.29, 1.82) is 0 Å². The quantitative estimate of drug-likeness (QED) is 0.851. The average Bonchev–Trinajstić information content (AvgIpc) is 2.33. The van der Waals surface area contributed by atoms with E-state index in [0.717, 1.165) is 8.94 Å². The van der Waals surface area contributed by atoms with Gasteiger partial charge in [0.05, 0.1) is 5.75 Å². The van der Waals surface area contributed by atoms with E-state index in [1.807, 2.05) is 5.38 Å². The van der Waals surface area contributed by atoms with Gasteiger partial charge in [-0.25, -0.2) is 18.5 Å². The molecule has 1 rings (SSSR count). The first-order chi connectivity index (χ1) is 5.97. The van der Waals surface area contributed by atoms with Crippen LogP contribution < -0.4 is 5.14 Å². The summed E-state index contributed by atoms with van der Waals surface area (Å²) in [5.74, 6) is 0.424. The van der Waals surface area contributed by atoms with Gasteiger partial charge in [0.15, 0.2) is 4.34 Å². The van der Waals surface area contributed by atoms with Crippen LogP contribution >= 0.6 is 39.0 Å². The predicted octanol–water partition coefficient (Wildman–Crippen LogP) is 1.29. The monoisotopic (exact) mass is 302 g/mol. The lowest BCUT2D eigenvalue weighted by atomic mass is 11.0. The Kier molecular flexibility index (Phi) is 4.17. The molecule has 2 N–H and O–H groups in total. The molecule has 0 saturated carbocycles. The second-order valence-corrected chi connectivity index (χ2v) is 6.90. The van der Waals surface area contributed by atoms with E-state index >= 15 is 0 Å². The maximum atomic E-state index is 10.6. The minimum Gasteiger partial charge on any atom is -0.229 e. The van der Waals surface area contributed by atoms with E-state index in [2.05, 4.69) is 20.9 Å². The van der Waals surface area contributed by atoms with Crippen LogP contribution in [0.15, 0.2) is 14.3 Å². The Bertz CT molecular complexity index is 375. The molecule has 13 heavy (non-hydrogen) atoms. The SMILES string of the molecule is NS(=O)(=O)CCSc1nc(Br)cs1. The number of hydrogen-bond acceptors (Lipinski definition) is 5. The van der Waals surface area contributed by atoms with Gasteiger partial charge in [0, 0.05) is 11.1 Å².